The lowest BCUT2D eigenvalue weighted by Crippen LogP contribution is -2.51. The van der Waals surface area contributed by atoms with Crippen LogP contribution < -0.4 is 11.1 Å². The number of carbonyl (C=O) groups excluding carboxylic acids is 1. The first-order valence-corrected chi connectivity index (χ1v) is 6.51. The Bertz CT molecular complexity index is 440. The number of nitrogens with one attached hydrogen (secondary N) is 1. The van der Waals surface area contributed by atoms with E-state index >= 15 is 0 Å². The molecule has 0 aliphatic carbocycles. The second-order valence-electron chi connectivity index (χ2n) is 4.43. The van der Waals surface area contributed by atoms with Gasteiger partial charge in [-0.2, -0.15) is 0 Å². The van der Waals surface area contributed by atoms with Crippen molar-refractivity contribution in [3.63, 3.8) is 0 Å². The van der Waals surface area contributed by atoms with Crippen molar-refractivity contribution in [1.82, 2.24) is 20.1 Å². The molecule has 100 valence electrons. The van der Waals surface area contributed by atoms with Gasteiger partial charge >= 0.3 is 6.03 Å². The second-order valence-corrected chi connectivity index (χ2v) is 5.58. The molecule has 18 heavy (non-hydrogen) atoms. The van der Waals surface area contributed by atoms with Crippen LogP contribution in [0.15, 0.2) is 6.20 Å². The van der Waals surface area contributed by atoms with Gasteiger partial charge in [0.1, 0.15) is 0 Å². The average Bonchev–Trinajstić information content (AvgIpc) is 2.87. The minimum Gasteiger partial charge on any atom is -0.375 e. The zero-order valence-corrected chi connectivity index (χ0v) is 11.5. The first kappa shape index (κ1) is 13.4. The largest absolute Gasteiger partial charge is 0.375 e. The molecule has 2 amide bonds. The molecular formula is C10H16ClN5OS. The number of carbonyl (C=O) groups is 1. The molecule has 3 heterocycles. The molecule has 8 heteroatoms. The zero-order chi connectivity index (χ0) is 11.8. The van der Waals surface area contributed by atoms with Crippen LogP contribution in [0.1, 0.15) is 4.88 Å². The number of halogens is 1. The van der Waals surface area contributed by atoms with Gasteiger partial charge in [0, 0.05) is 43.8 Å². The summed E-state index contributed by atoms with van der Waals surface area (Å²) in [4.78, 5) is 21.0. The number of rotatable bonds is 2. The van der Waals surface area contributed by atoms with Crippen molar-refractivity contribution in [3.8, 4) is 0 Å². The molecule has 2 fully saturated rings. The van der Waals surface area contributed by atoms with Crippen LogP contribution in [0, 0.1) is 0 Å². The van der Waals surface area contributed by atoms with Gasteiger partial charge in [-0.1, -0.05) is 0 Å². The normalized spacial score (nSPS) is 23.4. The summed E-state index contributed by atoms with van der Waals surface area (Å²) in [5, 5.41) is 3.50. The Hall–Kier alpha value is -1.05. The van der Waals surface area contributed by atoms with Crippen molar-refractivity contribution >= 4 is 34.9 Å². The van der Waals surface area contributed by atoms with Crippen LogP contribution in [0.2, 0.25) is 0 Å². The zero-order valence-electron chi connectivity index (χ0n) is 9.83. The Morgan fingerprint density at radius 1 is 1.56 bits per heavy atom. The fraction of sp³-hybridized carbons (Fsp3) is 0.600. The van der Waals surface area contributed by atoms with Crippen LogP contribution >= 0.6 is 23.7 Å². The lowest BCUT2D eigenvalue weighted by Gasteiger charge is -2.36. The van der Waals surface area contributed by atoms with E-state index in [1.807, 2.05) is 11.1 Å². The van der Waals surface area contributed by atoms with Crippen LogP contribution in [-0.4, -0.2) is 53.0 Å². The number of hydrogen-bond donors (Lipinski definition) is 2. The molecule has 2 saturated heterocycles. The number of aromatic nitrogens is 1. The number of thiazole rings is 1. The maximum atomic E-state index is 11.4. The highest BCUT2D eigenvalue weighted by Crippen LogP contribution is 2.20. The highest BCUT2D eigenvalue weighted by atomic mass is 35.5. The van der Waals surface area contributed by atoms with Gasteiger partial charge in [0.25, 0.3) is 0 Å². The summed E-state index contributed by atoms with van der Waals surface area (Å²) in [6.07, 6.45) is 1.84. The molecule has 0 spiro atoms. The highest BCUT2D eigenvalue weighted by Gasteiger charge is 2.35. The Morgan fingerprint density at radius 2 is 2.39 bits per heavy atom. The third kappa shape index (κ3) is 2.52. The second kappa shape index (κ2) is 5.29. The lowest BCUT2D eigenvalue weighted by molar-refractivity contribution is 0.117. The van der Waals surface area contributed by atoms with Gasteiger partial charge in [0.05, 0.1) is 6.04 Å². The predicted octanol–water partition coefficient (Wildman–Crippen LogP) is 0.357. The van der Waals surface area contributed by atoms with E-state index in [0.29, 0.717) is 11.2 Å². The monoisotopic (exact) mass is 289 g/mol. The smallest absolute Gasteiger partial charge is 0.317 e. The standard InChI is InChI=1S/C10H15N5OS.ClH/c11-9-12-4-8(17-9)6-14-1-2-15-7(5-14)3-13-10(15)16;/h4,7H,1-3,5-6H2,(H2,11,12)(H,13,16);1H. The number of amides is 2. The lowest BCUT2D eigenvalue weighted by atomic mass is 10.2. The number of piperazine rings is 1. The number of nitrogen functional groups attached to an aromatic ring is 1. The van der Waals surface area contributed by atoms with Gasteiger partial charge in [0.15, 0.2) is 5.13 Å². The van der Waals surface area contributed by atoms with Crippen molar-refractivity contribution in [2.24, 2.45) is 0 Å². The van der Waals surface area contributed by atoms with E-state index in [1.54, 1.807) is 0 Å². The summed E-state index contributed by atoms with van der Waals surface area (Å²) in [6, 6.07) is 0.401. The quantitative estimate of drug-likeness (QED) is 0.824. The highest BCUT2D eigenvalue weighted by molar-refractivity contribution is 7.15. The molecule has 3 rings (SSSR count). The first-order chi connectivity index (χ1) is 8.22. The molecule has 6 nitrogen and oxygen atoms in total. The number of nitrogens with zero attached hydrogens (tertiary/aromatic N) is 3. The first-order valence-electron chi connectivity index (χ1n) is 5.69. The molecular weight excluding hydrogens is 274 g/mol. The third-order valence-corrected chi connectivity index (χ3v) is 4.08. The van der Waals surface area contributed by atoms with Crippen molar-refractivity contribution in [3.05, 3.63) is 11.1 Å². The van der Waals surface area contributed by atoms with Gasteiger partial charge < -0.3 is 16.0 Å². The number of anilines is 1. The summed E-state index contributed by atoms with van der Waals surface area (Å²) in [5.41, 5.74) is 5.61. The SMILES string of the molecule is Cl.Nc1ncc(CN2CCN3C(=O)NCC3C2)s1. The molecule has 1 unspecified atom stereocenters. The molecule has 0 saturated carbocycles. The van der Waals surface area contributed by atoms with E-state index in [0.717, 1.165) is 32.7 Å². The molecule has 0 radical (unpaired) electrons. The summed E-state index contributed by atoms with van der Waals surface area (Å²) in [7, 11) is 0. The predicted molar refractivity (Wildman–Crippen MR) is 72.9 cm³/mol. The van der Waals surface area contributed by atoms with E-state index in [1.165, 1.54) is 16.2 Å². The van der Waals surface area contributed by atoms with Crippen LogP contribution in [0.25, 0.3) is 0 Å². The molecule has 0 bridgehead atoms. The molecule has 2 aliphatic rings. The van der Waals surface area contributed by atoms with Crippen LogP contribution in [0.5, 0.6) is 0 Å². The molecule has 3 N–H and O–H groups in total. The average molecular weight is 290 g/mol. The van der Waals surface area contributed by atoms with Crippen LogP contribution in [0.3, 0.4) is 0 Å². The van der Waals surface area contributed by atoms with Crippen molar-refractivity contribution < 1.29 is 4.79 Å². The molecule has 1 atom stereocenters. The Labute approximate surface area is 116 Å². The fourth-order valence-corrected chi connectivity index (χ4v) is 3.15. The maximum Gasteiger partial charge on any atom is 0.317 e. The van der Waals surface area contributed by atoms with E-state index in [-0.39, 0.29) is 18.4 Å². The van der Waals surface area contributed by atoms with E-state index in [2.05, 4.69) is 15.2 Å². The summed E-state index contributed by atoms with van der Waals surface area (Å²) < 4.78 is 0. The molecule has 0 aromatic carbocycles. The van der Waals surface area contributed by atoms with Gasteiger partial charge in [-0.25, -0.2) is 9.78 Å². The topological polar surface area (TPSA) is 74.5 Å². The Kier molecular flexibility index (Phi) is 3.94. The fourth-order valence-electron chi connectivity index (χ4n) is 2.43. The molecule has 2 aliphatic heterocycles. The van der Waals surface area contributed by atoms with Crippen LogP contribution in [-0.2, 0) is 6.54 Å². The van der Waals surface area contributed by atoms with E-state index in [9.17, 15) is 4.79 Å². The van der Waals surface area contributed by atoms with Crippen molar-refractivity contribution in [2.45, 2.75) is 12.6 Å². The van der Waals surface area contributed by atoms with Gasteiger partial charge in [-0.15, -0.1) is 23.7 Å². The van der Waals surface area contributed by atoms with Gasteiger partial charge in [-0.05, 0) is 0 Å². The van der Waals surface area contributed by atoms with E-state index < -0.39 is 0 Å². The molecule has 1 aromatic rings. The number of urea groups is 1. The minimum atomic E-state index is 0. The summed E-state index contributed by atoms with van der Waals surface area (Å²) >= 11 is 1.54. The Morgan fingerprint density at radius 3 is 3.11 bits per heavy atom. The van der Waals surface area contributed by atoms with Crippen molar-refractivity contribution in [1.29, 1.82) is 0 Å². The van der Waals surface area contributed by atoms with Gasteiger partial charge in [0.2, 0.25) is 0 Å². The number of hydrogen-bond acceptors (Lipinski definition) is 5. The van der Waals surface area contributed by atoms with Crippen molar-refractivity contribution in [2.75, 3.05) is 31.9 Å². The number of fused-ring (bicyclic) bond motifs is 1. The maximum absolute atomic E-state index is 11.4. The minimum absolute atomic E-state index is 0. The third-order valence-electron chi connectivity index (χ3n) is 3.27. The summed E-state index contributed by atoms with van der Waals surface area (Å²) in [5.74, 6) is 0. The van der Waals surface area contributed by atoms with Gasteiger partial charge in [-0.3, -0.25) is 4.90 Å². The number of nitrogens with two attached hydrogens (primary N) is 1. The van der Waals surface area contributed by atoms with E-state index in [4.69, 9.17) is 5.73 Å². The molecule has 1 aromatic heterocycles. The Balaban J connectivity index is 0.00000120. The summed E-state index contributed by atoms with van der Waals surface area (Å²) in [6.45, 7) is 4.30. The van der Waals surface area contributed by atoms with Crippen LogP contribution in [0.4, 0.5) is 9.93 Å².